The molecule has 0 aromatic heterocycles. The van der Waals surface area contributed by atoms with Gasteiger partial charge in [-0.3, -0.25) is 0 Å². The Morgan fingerprint density at radius 3 is 2.83 bits per heavy atom. The smallest absolute Gasteiger partial charge is 0.378 e. The Hall–Kier alpha value is -1.80. The number of rotatable bonds is 1. The number of ether oxygens (including phenoxy) is 2. The van der Waals surface area contributed by atoms with Crippen LogP contribution in [0.15, 0.2) is 24.3 Å². The van der Waals surface area contributed by atoms with Crippen molar-refractivity contribution >= 4 is 11.7 Å². The largest absolute Gasteiger partial charge is 0.416 e. The summed E-state index contributed by atoms with van der Waals surface area (Å²) in [6.45, 7) is 2.17. The fourth-order valence-corrected chi connectivity index (χ4v) is 2.82. The summed E-state index contributed by atoms with van der Waals surface area (Å²) < 4.78 is 49.2. The van der Waals surface area contributed by atoms with Crippen LogP contribution in [0.2, 0.25) is 0 Å². The second-order valence-corrected chi connectivity index (χ2v) is 5.76. The van der Waals surface area contributed by atoms with Crippen LogP contribution in [0, 0.1) is 0 Å². The zero-order valence-corrected chi connectivity index (χ0v) is 12.4. The zero-order valence-electron chi connectivity index (χ0n) is 12.4. The molecule has 1 atom stereocenters. The molecule has 2 aliphatic heterocycles. The summed E-state index contributed by atoms with van der Waals surface area (Å²) in [5.74, 6) is 0. The number of halogens is 3. The van der Waals surface area contributed by atoms with Gasteiger partial charge in [0.05, 0.1) is 25.3 Å². The van der Waals surface area contributed by atoms with Crippen molar-refractivity contribution in [1.82, 2.24) is 4.90 Å². The lowest BCUT2D eigenvalue weighted by Crippen LogP contribution is -2.55. The number of carbonyl (C=O) groups is 1. The fourth-order valence-electron chi connectivity index (χ4n) is 2.82. The van der Waals surface area contributed by atoms with Crippen molar-refractivity contribution in [3.05, 3.63) is 29.8 Å². The Labute approximate surface area is 131 Å². The second-order valence-electron chi connectivity index (χ2n) is 5.76. The Morgan fingerprint density at radius 1 is 1.30 bits per heavy atom. The monoisotopic (exact) mass is 330 g/mol. The van der Waals surface area contributed by atoms with Gasteiger partial charge < -0.3 is 19.7 Å². The van der Waals surface area contributed by atoms with Gasteiger partial charge in [0.25, 0.3) is 0 Å². The molecular weight excluding hydrogens is 313 g/mol. The molecule has 2 fully saturated rings. The average molecular weight is 330 g/mol. The zero-order chi connectivity index (χ0) is 16.5. The highest BCUT2D eigenvalue weighted by atomic mass is 19.4. The van der Waals surface area contributed by atoms with Gasteiger partial charge in [0, 0.05) is 25.3 Å². The van der Waals surface area contributed by atoms with Crippen molar-refractivity contribution in [3.8, 4) is 0 Å². The van der Waals surface area contributed by atoms with E-state index in [0.29, 0.717) is 39.3 Å². The summed E-state index contributed by atoms with van der Waals surface area (Å²) in [7, 11) is 0. The molecule has 0 radical (unpaired) electrons. The van der Waals surface area contributed by atoms with Gasteiger partial charge in [0.15, 0.2) is 0 Å². The lowest BCUT2D eigenvalue weighted by Gasteiger charge is -2.39. The van der Waals surface area contributed by atoms with Crippen LogP contribution < -0.4 is 5.32 Å². The molecule has 0 bridgehead atoms. The highest BCUT2D eigenvalue weighted by Gasteiger charge is 2.41. The summed E-state index contributed by atoms with van der Waals surface area (Å²) in [4.78, 5) is 13.9. The van der Waals surface area contributed by atoms with Crippen molar-refractivity contribution in [3.63, 3.8) is 0 Å². The minimum atomic E-state index is -4.44. The number of nitrogens with one attached hydrogen (secondary N) is 1. The van der Waals surface area contributed by atoms with Crippen molar-refractivity contribution < 1.29 is 27.4 Å². The number of carbonyl (C=O) groups excluding carboxylic acids is 1. The predicted molar refractivity (Wildman–Crippen MR) is 76.2 cm³/mol. The number of nitrogens with zero attached hydrogens (tertiary/aromatic N) is 1. The molecule has 1 spiro atoms. The summed E-state index contributed by atoms with van der Waals surface area (Å²) in [6.07, 6.45) is -3.73. The van der Waals surface area contributed by atoms with Gasteiger partial charge in [-0.15, -0.1) is 0 Å². The summed E-state index contributed by atoms with van der Waals surface area (Å²) in [5, 5.41) is 2.52. The van der Waals surface area contributed by atoms with Crippen LogP contribution in [0.1, 0.15) is 12.0 Å². The van der Waals surface area contributed by atoms with E-state index in [-0.39, 0.29) is 5.69 Å². The number of alkyl halides is 3. The van der Waals surface area contributed by atoms with E-state index in [2.05, 4.69) is 5.32 Å². The molecule has 1 N–H and O–H groups in total. The molecule has 8 heteroatoms. The SMILES string of the molecule is O=C(Nc1cccc(C(F)(F)F)c1)N1CCO[C@]2(CCOC2)C1. The van der Waals surface area contributed by atoms with Gasteiger partial charge in [0.1, 0.15) is 5.60 Å². The average Bonchev–Trinajstić information content (AvgIpc) is 2.94. The second kappa shape index (κ2) is 6.01. The van der Waals surface area contributed by atoms with Crippen molar-refractivity contribution in [2.24, 2.45) is 0 Å². The fraction of sp³-hybridized carbons (Fsp3) is 0.533. The molecule has 5 nitrogen and oxygen atoms in total. The third kappa shape index (κ3) is 3.59. The molecule has 23 heavy (non-hydrogen) atoms. The van der Waals surface area contributed by atoms with E-state index in [9.17, 15) is 18.0 Å². The first-order valence-electron chi connectivity index (χ1n) is 7.33. The van der Waals surface area contributed by atoms with E-state index in [1.807, 2.05) is 0 Å². The van der Waals surface area contributed by atoms with Crippen LogP contribution in [0.5, 0.6) is 0 Å². The number of urea groups is 1. The standard InChI is InChI=1S/C15H17F3N2O3/c16-15(17,18)11-2-1-3-12(8-11)19-13(21)20-5-7-23-14(9-20)4-6-22-10-14/h1-3,8H,4-7,9-10H2,(H,19,21)/t14-/m1/s1. The summed E-state index contributed by atoms with van der Waals surface area (Å²) in [5.41, 5.74) is -1.16. The minimum Gasteiger partial charge on any atom is -0.378 e. The lowest BCUT2D eigenvalue weighted by atomic mass is 10.0. The van der Waals surface area contributed by atoms with Crippen LogP contribution in [-0.2, 0) is 15.7 Å². The van der Waals surface area contributed by atoms with Gasteiger partial charge in [-0.25, -0.2) is 4.79 Å². The highest BCUT2D eigenvalue weighted by Crippen LogP contribution is 2.31. The number of anilines is 1. The first-order chi connectivity index (χ1) is 10.9. The molecule has 126 valence electrons. The first-order valence-corrected chi connectivity index (χ1v) is 7.33. The predicted octanol–water partition coefficient (Wildman–Crippen LogP) is 2.73. The van der Waals surface area contributed by atoms with E-state index < -0.39 is 23.4 Å². The minimum absolute atomic E-state index is 0.119. The number of morpholine rings is 1. The van der Waals surface area contributed by atoms with Crippen LogP contribution in [0.4, 0.5) is 23.7 Å². The third-order valence-corrected chi connectivity index (χ3v) is 4.04. The Bertz CT molecular complexity index is 586. The number of hydrogen-bond donors (Lipinski definition) is 1. The maximum Gasteiger partial charge on any atom is 0.416 e. The molecule has 2 amide bonds. The molecule has 1 aromatic rings. The van der Waals surface area contributed by atoms with E-state index in [0.717, 1.165) is 12.1 Å². The van der Waals surface area contributed by atoms with Gasteiger partial charge in [-0.05, 0) is 18.2 Å². The molecule has 2 saturated heterocycles. The van der Waals surface area contributed by atoms with Gasteiger partial charge in [0.2, 0.25) is 0 Å². The van der Waals surface area contributed by atoms with E-state index in [4.69, 9.17) is 9.47 Å². The van der Waals surface area contributed by atoms with Crippen LogP contribution in [0.3, 0.4) is 0 Å². The van der Waals surface area contributed by atoms with E-state index in [1.54, 1.807) is 4.90 Å². The molecule has 2 heterocycles. The van der Waals surface area contributed by atoms with Gasteiger partial charge >= 0.3 is 12.2 Å². The first kappa shape index (κ1) is 16.1. The van der Waals surface area contributed by atoms with Crippen LogP contribution >= 0.6 is 0 Å². The Kier molecular flexibility index (Phi) is 4.20. The van der Waals surface area contributed by atoms with E-state index >= 15 is 0 Å². The van der Waals surface area contributed by atoms with E-state index in [1.165, 1.54) is 12.1 Å². The number of benzene rings is 1. The summed E-state index contributed by atoms with van der Waals surface area (Å²) >= 11 is 0. The lowest BCUT2D eigenvalue weighted by molar-refractivity contribution is -0.137. The van der Waals surface area contributed by atoms with Crippen molar-refractivity contribution in [2.75, 3.05) is 38.2 Å². The molecular formula is C15H17F3N2O3. The van der Waals surface area contributed by atoms with Gasteiger partial charge in [-0.2, -0.15) is 13.2 Å². The number of hydrogen-bond acceptors (Lipinski definition) is 3. The molecule has 3 rings (SSSR count). The van der Waals surface area contributed by atoms with Crippen molar-refractivity contribution in [2.45, 2.75) is 18.2 Å². The van der Waals surface area contributed by atoms with Crippen molar-refractivity contribution in [1.29, 1.82) is 0 Å². The van der Waals surface area contributed by atoms with Crippen LogP contribution in [0.25, 0.3) is 0 Å². The molecule has 0 aliphatic carbocycles. The highest BCUT2D eigenvalue weighted by molar-refractivity contribution is 5.89. The Morgan fingerprint density at radius 2 is 2.13 bits per heavy atom. The molecule has 1 aromatic carbocycles. The Balaban J connectivity index is 1.67. The summed E-state index contributed by atoms with van der Waals surface area (Å²) in [6, 6.07) is 4.16. The molecule has 2 aliphatic rings. The number of amides is 2. The third-order valence-electron chi connectivity index (χ3n) is 4.04. The van der Waals surface area contributed by atoms with Crippen LogP contribution in [-0.4, -0.2) is 49.4 Å². The topological polar surface area (TPSA) is 50.8 Å². The normalized spacial score (nSPS) is 24.9. The quantitative estimate of drug-likeness (QED) is 0.861. The molecule has 0 unspecified atom stereocenters. The van der Waals surface area contributed by atoms with Gasteiger partial charge in [-0.1, -0.05) is 6.07 Å². The molecule has 0 saturated carbocycles. The maximum atomic E-state index is 12.7. The maximum absolute atomic E-state index is 12.7.